The van der Waals surface area contributed by atoms with Gasteiger partial charge in [0.05, 0.1) is 6.10 Å². The van der Waals surface area contributed by atoms with E-state index in [0.29, 0.717) is 12.0 Å². The minimum Gasteiger partial charge on any atom is -0.505 e. The summed E-state index contributed by atoms with van der Waals surface area (Å²) in [6.45, 7) is 3.23. The number of benzene rings is 1. The Balaban J connectivity index is 2.99. The average molecular weight is 184 g/mol. The van der Waals surface area contributed by atoms with E-state index in [-0.39, 0.29) is 5.75 Å². The van der Waals surface area contributed by atoms with Crippen molar-refractivity contribution in [2.24, 2.45) is 0 Å². The minimum absolute atomic E-state index is 0.351. The fourth-order valence-electron chi connectivity index (χ4n) is 1.28. The molecule has 0 fully saturated rings. The van der Waals surface area contributed by atoms with Gasteiger partial charge in [-0.1, -0.05) is 6.07 Å². The van der Waals surface area contributed by atoms with Gasteiger partial charge in [-0.3, -0.25) is 0 Å². The van der Waals surface area contributed by atoms with Gasteiger partial charge in [-0.05, 0) is 37.5 Å². The van der Waals surface area contributed by atoms with Crippen LogP contribution in [0, 0.1) is 12.7 Å². The molecule has 1 aromatic rings. The molecule has 0 saturated carbocycles. The van der Waals surface area contributed by atoms with Crippen LogP contribution < -0.4 is 0 Å². The Labute approximate surface area is 76.6 Å². The zero-order chi connectivity index (χ0) is 10.0. The van der Waals surface area contributed by atoms with Crippen molar-refractivity contribution in [2.75, 3.05) is 0 Å². The number of aryl methyl sites for hydroxylation is 1. The van der Waals surface area contributed by atoms with Crippen LogP contribution in [0.4, 0.5) is 4.39 Å². The zero-order valence-electron chi connectivity index (χ0n) is 7.71. The smallest absolute Gasteiger partial charge is 0.167 e. The van der Waals surface area contributed by atoms with Crippen LogP contribution in [0.5, 0.6) is 5.75 Å². The number of aliphatic hydroxyl groups is 1. The third-order valence-electron chi connectivity index (χ3n) is 1.83. The molecule has 0 saturated heterocycles. The lowest BCUT2D eigenvalue weighted by Gasteiger charge is -2.07. The molecule has 1 rings (SSSR count). The largest absolute Gasteiger partial charge is 0.505 e. The molecule has 2 nitrogen and oxygen atoms in total. The van der Waals surface area contributed by atoms with Crippen LogP contribution in [-0.2, 0) is 6.42 Å². The van der Waals surface area contributed by atoms with Crippen molar-refractivity contribution in [3.8, 4) is 5.75 Å². The van der Waals surface area contributed by atoms with Crippen LogP contribution >= 0.6 is 0 Å². The Morgan fingerprint density at radius 2 is 2.08 bits per heavy atom. The van der Waals surface area contributed by atoms with Crippen LogP contribution in [0.3, 0.4) is 0 Å². The molecule has 0 aliphatic heterocycles. The lowest BCUT2D eigenvalue weighted by atomic mass is 10.1. The summed E-state index contributed by atoms with van der Waals surface area (Å²) in [7, 11) is 0. The van der Waals surface area contributed by atoms with Gasteiger partial charge in [0.15, 0.2) is 11.6 Å². The summed E-state index contributed by atoms with van der Waals surface area (Å²) in [6.07, 6.45) is -0.0569. The molecule has 0 heterocycles. The molecule has 0 aliphatic rings. The van der Waals surface area contributed by atoms with E-state index in [0.717, 1.165) is 5.56 Å². The lowest BCUT2D eigenvalue weighted by Crippen LogP contribution is -2.04. The summed E-state index contributed by atoms with van der Waals surface area (Å²) in [5.41, 5.74) is 1.14. The first-order chi connectivity index (χ1) is 6.00. The number of aromatic hydroxyl groups is 1. The first kappa shape index (κ1) is 9.99. The van der Waals surface area contributed by atoms with Crippen molar-refractivity contribution < 1.29 is 14.6 Å². The van der Waals surface area contributed by atoms with Crippen molar-refractivity contribution in [3.05, 3.63) is 29.1 Å². The van der Waals surface area contributed by atoms with Gasteiger partial charge < -0.3 is 10.2 Å². The van der Waals surface area contributed by atoms with Crippen LogP contribution in [0.25, 0.3) is 0 Å². The average Bonchev–Trinajstić information content (AvgIpc) is 1.98. The molecule has 0 bridgehead atoms. The maximum absolute atomic E-state index is 12.9. The van der Waals surface area contributed by atoms with Gasteiger partial charge in [0.2, 0.25) is 0 Å². The molecule has 0 aliphatic carbocycles. The van der Waals surface area contributed by atoms with Gasteiger partial charge >= 0.3 is 0 Å². The van der Waals surface area contributed by atoms with Gasteiger partial charge in [0.25, 0.3) is 0 Å². The molecule has 3 heteroatoms. The summed E-state index contributed by atoms with van der Waals surface area (Å²) in [4.78, 5) is 0. The van der Waals surface area contributed by atoms with Crippen LogP contribution in [-0.4, -0.2) is 16.3 Å². The maximum atomic E-state index is 12.9. The molecule has 0 amide bonds. The fourth-order valence-corrected chi connectivity index (χ4v) is 1.28. The highest BCUT2D eigenvalue weighted by molar-refractivity contribution is 5.34. The monoisotopic (exact) mass is 184 g/mol. The Kier molecular flexibility index (Phi) is 2.88. The first-order valence-corrected chi connectivity index (χ1v) is 4.16. The topological polar surface area (TPSA) is 40.5 Å². The third-order valence-corrected chi connectivity index (χ3v) is 1.83. The maximum Gasteiger partial charge on any atom is 0.167 e. The molecule has 13 heavy (non-hydrogen) atoms. The molecule has 0 radical (unpaired) electrons. The van der Waals surface area contributed by atoms with E-state index in [1.807, 2.05) is 0 Å². The molecule has 0 spiro atoms. The van der Waals surface area contributed by atoms with E-state index in [9.17, 15) is 4.39 Å². The van der Waals surface area contributed by atoms with Crippen molar-refractivity contribution in [1.29, 1.82) is 0 Å². The number of hydrogen-bond donors (Lipinski definition) is 2. The van der Waals surface area contributed by atoms with E-state index in [1.165, 1.54) is 6.07 Å². The van der Waals surface area contributed by atoms with Crippen molar-refractivity contribution >= 4 is 0 Å². The second-order valence-electron chi connectivity index (χ2n) is 3.30. The molecule has 1 unspecified atom stereocenters. The Bertz CT molecular complexity index is 285. The molecule has 1 atom stereocenters. The van der Waals surface area contributed by atoms with Crippen molar-refractivity contribution in [3.63, 3.8) is 0 Å². The fraction of sp³-hybridized carbons (Fsp3) is 0.400. The third kappa shape index (κ3) is 2.42. The number of aliphatic hydroxyl groups excluding tert-OH is 1. The van der Waals surface area contributed by atoms with E-state index >= 15 is 0 Å². The molecule has 1 aromatic carbocycles. The second-order valence-corrected chi connectivity index (χ2v) is 3.30. The molecule has 0 aromatic heterocycles. The second kappa shape index (κ2) is 3.75. The predicted octanol–water partition coefficient (Wildman–Crippen LogP) is 1.76. The number of rotatable bonds is 2. The number of hydrogen-bond acceptors (Lipinski definition) is 2. The van der Waals surface area contributed by atoms with Crippen molar-refractivity contribution in [1.82, 2.24) is 0 Å². The summed E-state index contributed by atoms with van der Waals surface area (Å²) < 4.78 is 12.9. The van der Waals surface area contributed by atoms with Gasteiger partial charge in [0.1, 0.15) is 0 Å². The van der Waals surface area contributed by atoms with Crippen LogP contribution in [0.1, 0.15) is 18.1 Å². The minimum atomic E-state index is -0.589. The highest BCUT2D eigenvalue weighted by Gasteiger charge is 2.07. The number of halogens is 1. The Morgan fingerprint density at radius 1 is 1.46 bits per heavy atom. The highest BCUT2D eigenvalue weighted by atomic mass is 19.1. The van der Waals surface area contributed by atoms with Gasteiger partial charge in [0, 0.05) is 0 Å². The SMILES string of the molecule is Cc1cc(CC(C)O)cc(O)c1F. The van der Waals surface area contributed by atoms with E-state index in [1.54, 1.807) is 19.9 Å². The number of phenols is 1. The highest BCUT2D eigenvalue weighted by Crippen LogP contribution is 2.21. The van der Waals surface area contributed by atoms with Crippen LogP contribution in [0.2, 0.25) is 0 Å². The standard InChI is InChI=1S/C10H13FO2/c1-6-3-8(4-7(2)12)5-9(13)10(6)11/h3,5,7,12-13H,4H2,1-2H3. The molecule has 2 N–H and O–H groups in total. The van der Waals surface area contributed by atoms with E-state index in [4.69, 9.17) is 10.2 Å². The summed E-state index contributed by atoms with van der Waals surface area (Å²) >= 11 is 0. The Hall–Kier alpha value is -1.09. The zero-order valence-corrected chi connectivity index (χ0v) is 7.71. The first-order valence-electron chi connectivity index (χ1n) is 4.16. The van der Waals surface area contributed by atoms with Crippen molar-refractivity contribution in [2.45, 2.75) is 26.4 Å². The quantitative estimate of drug-likeness (QED) is 0.735. The van der Waals surface area contributed by atoms with Gasteiger partial charge in [-0.15, -0.1) is 0 Å². The molecule has 72 valence electrons. The lowest BCUT2D eigenvalue weighted by molar-refractivity contribution is 0.195. The van der Waals surface area contributed by atoms with E-state index in [2.05, 4.69) is 0 Å². The summed E-state index contributed by atoms with van der Waals surface area (Å²) in [6, 6.07) is 2.97. The Morgan fingerprint density at radius 3 is 2.54 bits per heavy atom. The molecular weight excluding hydrogens is 171 g/mol. The van der Waals surface area contributed by atoms with Gasteiger partial charge in [-0.2, -0.15) is 0 Å². The summed E-state index contributed by atoms with van der Waals surface area (Å²) in [5, 5.41) is 18.2. The van der Waals surface area contributed by atoms with Gasteiger partial charge in [-0.25, -0.2) is 4.39 Å². The predicted molar refractivity (Wildman–Crippen MR) is 48.2 cm³/mol. The normalized spacial score (nSPS) is 12.9. The number of phenolic OH excluding ortho intramolecular Hbond substituents is 1. The van der Waals surface area contributed by atoms with E-state index < -0.39 is 11.9 Å². The molecular formula is C10H13FO2. The summed E-state index contributed by atoms with van der Waals surface area (Å²) in [5.74, 6) is -0.940. The van der Waals surface area contributed by atoms with Crippen LogP contribution in [0.15, 0.2) is 12.1 Å².